The van der Waals surface area contributed by atoms with E-state index in [4.69, 9.17) is 14.2 Å². The number of aromatic amines is 1. The first-order valence-corrected chi connectivity index (χ1v) is 11.2. The molecule has 0 bridgehead atoms. The Balaban J connectivity index is 1.40. The molecule has 0 radical (unpaired) electrons. The number of likely N-dealkylation sites (tertiary alicyclic amines) is 1. The predicted molar refractivity (Wildman–Crippen MR) is 123 cm³/mol. The molecular formula is C23H26FN5O6. The van der Waals surface area contributed by atoms with E-state index in [9.17, 15) is 18.8 Å². The van der Waals surface area contributed by atoms with Crippen LogP contribution in [-0.4, -0.2) is 78.0 Å². The van der Waals surface area contributed by atoms with Gasteiger partial charge in [-0.1, -0.05) is 0 Å². The van der Waals surface area contributed by atoms with Crippen LogP contribution in [0.1, 0.15) is 19.0 Å². The van der Waals surface area contributed by atoms with Gasteiger partial charge in [-0.2, -0.15) is 0 Å². The summed E-state index contributed by atoms with van der Waals surface area (Å²) >= 11 is 0. The number of hydrogen-bond donors (Lipinski definition) is 2. The summed E-state index contributed by atoms with van der Waals surface area (Å²) in [7, 11) is 0. The quantitative estimate of drug-likeness (QED) is 0.573. The maximum Gasteiger partial charge on any atom is 0.413 e. The van der Waals surface area contributed by atoms with E-state index in [1.165, 1.54) is 34.3 Å². The zero-order valence-electron chi connectivity index (χ0n) is 19.1. The van der Waals surface area contributed by atoms with Crippen LogP contribution in [0.5, 0.6) is 0 Å². The van der Waals surface area contributed by atoms with E-state index in [1.54, 1.807) is 12.3 Å². The lowest BCUT2D eigenvalue weighted by molar-refractivity contribution is -0.132. The Kier molecular flexibility index (Phi) is 7.73. The number of halogens is 1. The number of nitrogens with one attached hydrogen (secondary N) is 2. The number of benzene rings is 1. The van der Waals surface area contributed by atoms with E-state index in [-0.39, 0.29) is 43.2 Å². The van der Waals surface area contributed by atoms with E-state index in [1.807, 2.05) is 6.92 Å². The molecule has 4 rings (SSSR count). The Bertz CT molecular complexity index is 1090. The molecule has 2 aliphatic heterocycles. The minimum Gasteiger partial charge on any atom is -0.425 e. The molecule has 0 saturated carbocycles. The van der Waals surface area contributed by atoms with Gasteiger partial charge in [0.15, 0.2) is 6.23 Å². The number of morpholine rings is 1. The predicted octanol–water partition coefficient (Wildman–Crippen LogP) is 2.14. The van der Waals surface area contributed by atoms with Crippen molar-refractivity contribution in [1.82, 2.24) is 14.9 Å². The summed E-state index contributed by atoms with van der Waals surface area (Å²) < 4.78 is 30.8. The van der Waals surface area contributed by atoms with Gasteiger partial charge in [-0.3, -0.25) is 14.9 Å². The van der Waals surface area contributed by atoms with E-state index in [0.29, 0.717) is 31.1 Å². The number of hydrogen-bond acceptors (Lipinski definition) is 7. The van der Waals surface area contributed by atoms with Crippen molar-refractivity contribution in [2.45, 2.75) is 25.7 Å². The third-order valence-corrected chi connectivity index (χ3v) is 5.54. The molecule has 2 aromatic rings. The smallest absolute Gasteiger partial charge is 0.413 e. The first-order valence-electron chi connectivity index (χ1n) is 11.2. The van der Waals surface area contributed by atoms with Crippen LogP contribution in [0.15, 0.2) is 36.8 Å². The van der Waals surface area contributed by atoms with Crippen LogP contribution in [-0.2, 0) is 23.8 Å². The van der Waals surface area contributed by atoms with Gasteiger partial charge < -0.3 is 29.0 Å². The molecule has 1 aromatic carbocycles. The van der Waals surface area contributed by atoms with Crippen molar-refractivity contribution in [3.8, 4) is 0 Å². The van der Waals surface area contributed by atoms with Gasteiger partial charge >= 0.3 is 6.09 Å². The molecule has 0 spiro atoms. The van der Waals surface area contributed by atoms with Crippen LogP contribution in [0.2, 0.25) is 0 Å². The number of anilines is 2. The molecule has 12 heteroatoms. The van der Waals surface area contributed by atoms with Crippen LogP contribution in [0, 0.1) is 5.82 Å². The summed E-state index contributed by atoms with van der Waals surface area (Å²) in [6.07, 6.45) is 4.17. The number of imidazole rings is 1. The Morgan fingerprint density at radius 1 is 1.40 bits per heavy atom. The summed E-state index contributed by atoms with van der Waals surface area (Å²) in [5.41, 5.74) is 0.826. The molecule has 2 N–H and O–H groups in total. The first-order chi connectivity index (χ1) is 16.9. The first kappa shape index (κ1) is 24.4. The summed E-state index contributed by atoms with van der Waals surface area (Å²) in [6, 6.07) is 4.04. The van der Waals surface area contributed by atoms with Gasteiger partial charge in [0.25, 0.3) is 5.91 Å². The molecule has 2 saturated heterocycles. The van der Waals surface area contributed by atoms with E-state index in [0.717, 1.165) is 6.07 Å². The number of amides is 3. The number of carbonyl (C=O) groups excluding carboxylic acids is 3. The van der Waals surface area contributed by atoms with Crippen molar-refractivity contribution in [3.05, 3.63) is 48.3 Å². The fourth-order valence-corrected chi connectivity index (χ4v) is 3.91. The number of ether oxygens (including phenoxy) is 3. The summed E-state index contributed by atoms with van der Waals surface area (Å²) in [4.78, 5) is 46.9. The second-order valence-corrected chi connectivity index (χ2v) is 7.88. The van der Waals surface area contributed by atoms with Crippen LogP contribution >= 0.6 is 0 Å². The average Bonchev–Trinajstić information content (AvgIpc) is 3.49. The standard InChI is InChI=1S/C23H26FN5O6/c1-2-34-17-10-22(29(12-17)20(30)6-3-15-11-25-14-26-15)35-23(32)27-19-5-4-16(9-18(19)24)28-7-8-33-13-21(28)31/h3-6,9,11,14,17,22H,2,7-8,10,12-13H2,1H3,(H,25,26)(H,27,32)/b6-3+/t17-,22-/m1/s1. The second kappa shape index (κ2) is 11.1. The number of H-pyrrole nitrogens is 1. The highest BCUT2D eigenvalue weighted by Gasteiger charge is 2.37. The second-order valence-electron chi connectivity index (χ2n) is 7.88. The summed E-state index contributed by atoms with van der Waals surface area (Å²) in [5, 5.41) is 2.36. The van der Waals surface area contributed by atoms with E-state index < -0.39 is 18.1 Å². The van der Waals surface area contributed by atoms with Gasteiger partial charge in [0.1, 0.15) is 12.4 Å². The number of nitrogens with zero attached hydrogens (tertiary/aromatic N) is 3. The van der Waals surface area contributed by atoms with Crippen LogP contribution in [0.4, 0.5) is 20.6 Å². The van der Waals surface area contributed by atoms with Crippen molar-refractivity contribution >= 4 is 35.4 Å². The zero-order chi connectivity index (χ0) is 24.8. The lowest BCUT2D eigenvalue weighted by Crippen LogP contribution is -2.41. The van der Waals surface area contributed by atoms with Crippen molar-refractivity contribution in [3.63, 3.8) is 0 Å². The molecule has 3 heterocycles. The molecule has 2 fully saturated rings. The fraction of sp³-hybridized carbons (Fsp3) is 0.391. The molecule has 1 aromatic heterocycles. The van der Waals surface area contributed by atoms with E-state index >= 15 is 0 Å². The number of carbonyl (C=O) groups is 3. The molecule has 0 aliphatic carbocycles. The summed E-state index contributed by atoms with van der Waals surface area (Å²) in [6.45, 7) is 3.12. The van der Waals surface area contributed by atoms with Gasteiger partial charge in [-0.25, -0.2) is 14.2 Å². The molecule has 0 unspecified atom stereocenters. The minimum atomic E-state index is -0.921. The van der Waals surface area contributed by atoms with Gasteiger partial charge in [0.2, 0.25) is 5.91 Å². The Morgan fingerprint density at radius 2 is 2.26 bits per heavy atom. The largest absolute Gasteiger partial charge is 0.425 e. The monoisotopic (exact) mass is 487 g/mol. The van der Waals surface area contributed by atoms with Crippen molar-refractivity contribution < 1.29 is 33.0 Å². The molecule has 3 amide bonds. The topological polar surface area (TPSA) is 126 Å². The van der Waals surface area contributed by atoms with Crippen molar-refractivity contribution in [2.75, 3.05) is 43.1 Å². The van der Waals surface area contributed by atoms with Crippen molar-refractivity contribution in [2.24, 2.45) is 0 Å². The fourth-order valence-electron chi connectivity index (χ4n) is 3.91. The molecular weight excluding hydrogens is 461 g/mol. The van der Waals surface area contributed by atoms with Crippen LogP contribution < -0.4 is 10.2 Å². The lowest BCUT2D eigenvalue weighted by atomic mass is 10.2. The summed E-state index contributed by atoms with van der Waals surface area (Å²) in [5.74, 6) is -1.38. The molecule has 11 nitrogen and oxygen atoms in total. The number of aromatic nitrogens is 2. The van der Waals surface area contributed by atoms with Crippen LogP contribution in [0.25, 0.3) is 6.08 Å². The zero-order valence-corrected chi connectivity index (χ0v) is 19.1. The maximum atomic E-state index is 14.7. The average molecular weight is 487 g/mol. The SMILES string of the molecule is CCO[C@@H]1C[C@@H](OC(=O)Nc2ccc(N3CCOCC3=O)cc2F)N(C(=O)/C=C/c2c[nH]cn2)C1. The van der Waals surface area contributed by atoms with Gasteiger partial charge in [0, 0.05) is 37.5 Å². The maximum absolute atomic E-state index is 14.7. The highest BCUT2D eigenvalue weighted by molar-refractivity contribution is 5.95. The minimum absolute atomic E-state index is 0.0653. The Morgan fingerprint density at radius 3 is 2.97 bits per heavy atom. The Hall–Kier alpha value is -3.77. The Labute approximate surface area is 200 Å². The van der Waals surface area contributed by atoms with Crippen molar-refractivity contribution in [1.29, 1.82) is 0 Å². The molecule has 35 heavy (non-hydrogen) atoms. The molecule has 2 atom stereocenters. The van der Waals surface area contributed by atoms with Crippen LogP contribution in [0.3, 0.4) is 0 Å². The van der Waals surface area contributed by atoms with Gasteiger partial charge in [-0.05, 0) is 31.2 Å². The highest BCUT2D eigenvalue weighted by atomic mass is 19.1. The van der Waals surface area contributed by atoms with Gasteiger partial charge in [-0.15, -0.1) is 0 Å². The third kappa shape index (κ3) is 6.03. The normalized spacial score (nSPS) is 20.5. The molecule has 186 valence electrons. The van der Waals surface area contributed by atoms with E-state index in [2.05, 4.69) is 15.3 Å². The number of rotatable bonds is 7. The molecule has 2 aliphatic rings. The van der Waals surface area contributed by atoms with Gasteiger partial charge in [0.05, 0.1) is 37.0 Å². The third-order valence-electron chi connectivity index (χ3n) is 5.54. The highest BCUT2D eigenvalue weighted by Crippen LogP contribution is 2.25. The lowest BCUT2D eigenvalue weighted by Gasteiger charge is -2.27.